The molecule has 0 saturated carbocycles. The summed E-state index contributed by atoms with van der Waals surface area (Å²) in [5.41, 5.74) is 0. The van der Waals surface area contributed by atoms with Crippen molar-refractivity contribution in [2.45, 2.75) is 38.7 Å². The first-order chi connectivity index (χ1) is 5.89. The van der Waals surface area contributed by atoms with Gasteiger partial charge in [-0.25, -0.2) is 4.90 Å². The SMILES string of the molecule is CC(C)N[C@@H]1CCN(C(F)(F)F)C1. The van der Waals surface area contributed by atoms with E-state index in [0.717, 1.165) is 0 Å². The zero-order valence-corrected chi connectivity index (χ0v) is 7.86. The van der Waals surface area contributed by atoms with Crippen molar-refractivity contribution in [1.29, 1.82) is 0 Å². The van der Waals surface area contributed by atoms with E-state index in [2.05, 4.69) is 5.32 Å². The number of hydrogen-bond donors (Lipinski definition) is 1. The standard InChI is InChI=1S/C8H15F3N2/c1-6(2)12-7-3-4-13(5-7)8(9,10)11/h6-7,12H,3-5H2,1-2H3/t7-/m1/s1. The average Bonchev–Trinajstić information content (AvgIpc) is 2.32. The van der Waals surface area contributed by atoms with E-state index >= 15 is 0 Å². The zero-order valence-electron chi connectivity index (χ0n) is 7.86. The minimum absolute atomic E-state index is 0.0124. The Bertz CT molecular complexity index is 167. The summed E-state index contributed by atoms with van der Waals surface area (Å²) in [6.45, 7) is 4.09. The number of nitrogens with one attached hydrogen (secondary N) is 1. The summed E-state index contributed by atoms with van der Waals surface area (Å²) in [4.78, 5) is 0.563. The van der Waals surface area contributed by atoms with Crippen LogP contribution in [0.2, 0.25) is 0 Å². The van der Waals surface area contributed by atoms with Crippen LogP contribution in [0, 0.1) is 0 Å². The second-order valence-corrected chi connectivity index (χ2v) is 3.72. The molecule has 0 bridgehead atoms. The average molecular weight is 196 g/mol. The Morgan fingerprint density at radius 2 is 2.00 bits per heavy atom. The van der Waals surface area contributed by atoms with Crippen LogP contribution in [-0.2, 0) is 0 Å². The van der Waals surface area contributed by atoms with Crippen molar-refractivity contribution < 1.29 is 13.2 Å². The molecule has 5 heteroatoms. The molecule has 0 spiro atoms. The second kappa shape index (κ2) is 3.84. The lowest BCUT2D eigenvalue weighted by Crippen LogP contribution is -2.41. The van der Waals surface area contributed by atoms with E-state index in [-0.39, 0.29) is 25.2 Å². The van der Waals surface area contributed by atoms with E-state index in [4.69, 9.17) is 0 Å². The van der Waals surface area contributed by atoms with Crippen molar-refractivity contribution in [2.75, 3.05) is 13.1 Å². The Hall–Kier alpha value is -0.290. The number of nitrogens with zero attached hydrogens (tertiary/aromatic N) is 1. The van der Waals surface area contributed by atoms with Crippen LogP contribution in [0.5, 0.6) is 0 Å². The Balaban J connectivity index is 2.36. The summed E-state index contributed by atoms with van der Waals surface area (Å²) in [7, 11) is 0. The highest BCUT2D eigenvalue weighted by Gasteiger charge is 2.41. The van der Waals surface area contributed by atoms with Gasteiger partial charge < -0.3 is 5.32 Å². The molecular formula is C8H15F3N2. The van der Waals surface area contributed by atoms with Gasteiger partial charge in [0.15, 0.2) is 0 Å². The second-order valence-electron chi connectivity index (χ2n) is 3.72. The van der Waals surface area contributed by atoms with E-state index in [0.29, 0.717) is 11.3 Å². The van der Waals surface area contributed by atoms with Gasteiger partial charge in [0, 0.05) is 25.2 Å². The normalized spacial score (nSPS) is 25.8. The first-order valence-electron chi connectivity index (χ1n) is 4.47. The molecule has 1 aliphatic rings. The third-order valence-electron chi connectivity index (χ3n) is 2.12. The van der Waals surface area contributed by atoms with Crippen molar-refractivity contribution >= 4 is 0 Å². The van der Waals surface area contributed by atoms with Gasteiger partial charge in [0.1, 0.15) is 0 Å². The Kier molecular flexibility index (Phi) is 3.18. The number of rotatable bonds is 2. The van der Waals surface area contributed by atoms with E-state index < -0.39 is 6.30 Å². The molecule has 1 atom stereocenters. The minimum Gasteiger partial charge on any atom is -0.310 e. The van der Waals surface area contributed by atoms with Gasteiger partial charge in [-0.15, -0.1) is 0 Å². The number of hydrogen-bond acceptors (Lipinski definition) is 2. The topological polar surface area (TPSA) is 15.3 Å². The van der Waals surface area contributed by atoms with Crippen LogP contribution in [0.15, 0.2) is 0 Å². The largest absolute Gasteiger partial charge is 0.459 e. The summed E-state index contributed by atoms with van der Waals surface area (Å²) in [6.07, 6.45) is -3.58. The molecule has 1 saturated heterocycles. The Labute approximate surface area is 76.1 Å². The molecule has 1 heterocycles. The molecule has 0 aromatic rings. The molecule has 2 nitrogen and oxygen atoms in total. The molecular weight excluding hydrogens is 181 g/mol. The van der Waals surface area contributed by atoms with Crippen molar-refractivity contribution in [3.05, 3.63) is 0 Å². The molecule has 0 unspecified atom stereocenters. The fourth-order valence-corrected chi connectivity index (χ4v) is 1.60. The van der Waals surface area contributed by atoms with Crippen LogP contribution in [0.3, 0.4) is 0 Å². The van der Waals surface area contributed by atoms with Gasteiger partial charge in [0.25, 0.3) is 0 Å². The summed E-state index contributed by atoms with van der Waals surface area (Å²) in [6, 6.07) is 0.236. The van der Waals surface area contributed by atoms with E-state index in [9.17, 15) is 13.2 Å². The highest BCUT2D eigenvalue weighted by molar-refractivity contribution is 4.82. The molecule has 0 aromatic carbocycles. The first kappa shape index (κ1) is 10.8. The fraction of sp³-hybridized carbons (Fsp3) is 1.00. The van der Waals surface area contributed by atoms with Crippen LogP contribution in [0.25, 0.3) is 0 Å². The molecule has 0 radical (unpaired) electrons. The van der Waals surface area contributed by atoms with E-state index in [1.165, 1.54) is 0 Å². The number of likely N-dealkylation sites (tertiary alicyclic amines) is 1. The highest BCUT2D eigenvalue weighted by atomic mass is 19.4. The Morgan fingerprint density at radius 3 is 2.38 bits per heavy atom. The lowest BCUT2D eigenvalue weighted by atomic mass is 10.2. The van der Waals surface area contributed by atoms with Gasteiger partial charge >= 0.3 is 6.30 Å². The smallest absolute Gasteiger partial charge is 0.310 e. The van der Waals surface area contributed by atoms with Gasteiger partial charge in [0.05, 0.1) is 0 Å². The third-order valence-corrected chi connectivity index (χ3v) is 2.12. The van der Waals surface area contributed by atoms with Crippen molar-refractivity contribution in [3.8, 4) is 0 Å². The summed E-state index contributed by atoms with van der Waals surface area (Å²) < 4.78 is 36.5. The van der Waals surface area contributed by atoms with Gasteiger partial charge in [-0.2, -0.15) is 13.2 Å². The van der Waals surface area contributed by atoms with Crippen LogP contribution >= 0.6 is 0 Å². The molecule has 1 fully saturated rings. The third kappa shape index (κ3) is 3.15. The van der Waals surface area contributed by atoms with Crippen LogP contribution in [0.4, 0.5) is 13.2 Å². The molecule has 1 aliphatic heterocycles. The molecule has 1 rings (SSSR count). The summed E-state index contributed by atoms with van der Waals surface area (Å²) in [5.74, 6) is 0. The van der Waals surface area contributed by atoms with Gasteiger partial charge in [0.2, 0.25) is 0 Å². The van der Waals surface area contributed by atoms with Crippen LogP contribution in [0.1, 0.15) is 20.3 Å². The highest BCUT2D eigenvalue weighted by Crippen LogP contribution is 2.25. The molecule has 13 heavy (non-hydrogen) atoms. The molecule has 0 amide bonds. The summed E-state index contributed by atoms with van der Waals surface area (Å²) in [5, 5.41) is 3.10. The van der Waals surface area contributed by atoms with E-state index in [1.54, 1.807) is 0 Å². The van der Waals surface area contributed by atoms with Crippen LogP contribution in [-0.4, -0.2) is 36.4 Å². The fourth-order valence-electron chi connectivity index (χ4n) is 1.60. The zero-order chi connectivity index (χ0) is 10.1. The number of alkyl halides is 3. The Morgan fingerprint density at radius 1 is 1.38 bits per heavy atom. The lowest BCUT2D eigenvalue weighted by Gasteiger charge is -2.20. The first-order valence-corrected chi connectivity index (χ1v) is 4.47. The van der Waals surface area contributed by atoms with Gasteiger partial charge in [-0.1, -0.05) is 13.8 Å². The van der Waals surface area contributed by atoms with Crippen molar-refractivity contribution in [1.82, 2.24) is 10.2 Å². The van der Waals surface area contributed by atoms with Crippen LogP contribution < -0.4 is 5.32 Å². The monoisotopic (exact) mass is 196 g/mol. The number of halogens is 3. The maximum Gasteiger partial charge on any atom is 0.459 e. The van der Waals surface area contributed by atoms with Gasteiger partial charge in [-0.3, -0.25) is 0 Å². The quantitative estimate of drug-likeness (QED) is 0.674. The summed E-state index contributed by atoms with van der Waals surface area (Å²) >= 11 is 0. The molecule has 78 valence electrons. The lowest BCUT2D eigenvalue weighted by molar-refractivity contribution is -0.238. The maximum atomic E-state index is 12.2. The molecule has 0 aromatic heterocycles. The van der Waals surface area contributed by atoms with Gasteiger partial charge in [-0.05, 0) is 6.42 Å². The molecule has 0 aliphatic carbocycles. The predicted molar refractivity (Wildman–Crippen MR) is 44.3 cm³/mol. The maximum absolute atomic E-state index is 12.2. The van der Waals surface area contributed by atoms with E-state index in [1.807, 2.05) is 13.8 Å². The van der Waals surface area contributed by atoms with Crippen molar-refractivity contribution in [2.24, 2.45) is 0 Å². The predicted octanol–water partition coefficient (Wildman–Crippen LogP) is 1.58. The minimum atomic E-state index is -4.16. The molecule has 1 N–H and O–H groups in total. The van der Waals surface area contributed by atoms with Crippen molar-refractivity contribution in [3.63, 3.8) is 0 Å².